The molecular weight excluding hydrogens is 828 g/mol. The van der Waals surface area contributed by atoms with Crippen molar-refractivity contribution in [2.75, 3.05) is 63.1 Å². The summed E-state index contributed by atoms with van der Waals surface area (Å²) in [6, 6.07) is 20.9. The van der Waals surface area contributed by atoms with Gasteiger partial charge in [-0.25, -0.2) is 23.1 Å². The maximum Gasteiger partial charge on any atom is 0.293 e. The predicted molar refractivity (Wildman–Crippen MR) is 243 cm³/mol. The highest BCUT2D eigenvalue weighted by Crippen LogP contribution is 2.43. The molecule has 1 atom stereocenters. The van der Waals surface area contributed by atoms with Gasteiger partial charge in [-0.1, -0.05) is 43.2 Å². The first-order valence-corrected chi connectivity index (χ1v) is 22.8. The minimum Gasteiger partial charge on any atom is -0.375 e. The van der Waals surface area contributed by atoms with Crippen molar-refractivity contribution in [1.29, 1.82) is 0 Å². The number of nitro benzene ring substituents is 1. The number of benzene rings is 3. The molecule has 15 nitrogen and oxygen atoms in total. The number of nitrogens with zero attached hydrogens (tertiary/aromatic N) is 7. The molecule has 62 heavy (non-hydrogen) atoms. The molecule has 1 unspecified atom stereocenters. The predicted octanol–water partition coefficient (Wildman–Crippen LogP) is 7.48. The number of sulfonamides is 1. The number of likely N-dealkylation sites (N-methyl/N-ethyl adjacent to an activating group) is 1. The van der Waals surface area contributed by atoms with Crippen LogP contribution in [-0.4, -0.2) is 108 Å². The number of hydrogen-bond donors (Lipinski definition) is 3. The summed E-state index contributed by atoms with van der Waals surface area (Å²) >= 11 is 6.25. The van der Waals surface area contributed by atoms with Gasteiger partial charge in [0.05, 0.1) is 26.6 Å². The van der Waals surface area contributed by atoms with E-state index >= 15 is 0 Å². The molecule has 1 amide bonds. The molecule has 0 radical (unpaired) electrons. The van der Waals surface area contributed by atoms with Crippen molar-refractivity contribution in [2.45, 2.75) is 50.5 Å². The molecule has 3 aromatic heterocycles. The molecular formula is C45H49ClN10O5S. The number of anilines is 2. The lowest BCUT2D eigenvalue weighted by atomic mass is 9.72. The summed E-state index contributed by atoms with van der Waals surface area (Å²) in [4.78, 5) is 41.2. The van der Waals surface area contributed by atoms with Crippen LogP contribution in [0.1, 0.15) is 55.5 Å². The average molecular weight is 877 g/mol. The number of carbonyl (C=O) groups is 1. The Balaban J connectivity index is 0.988. The molecule has 2 fully saturated rings. The van der Waals surface area contributed by atoms with Crippen LogP contribution >= 0.6 is 11.6 Å². The quantitative estimate of drug-likeness (QED) is 0.0870. The van der Waals surface area contributed by atoms with E-state index < -0.39 is 31.4 Å². The Morgan fingerprint density at radius 3 is 2.55 bits per heavy atom. The van der Waals surface area contributed by atoms with Crippen molar-refractivity contribution in [3.8, 4) is 5.69 Å². The van der Waals surface area contributed by atoms with Crippen LogP contribution in [0.25, 0.3) is 33.3 Å². The first-order chi connectivity index (χ1) is 29.7. The zero-order valence-electron chi connectivity index (χ0n) is 34.9. The van der Waals surface area contributed by atoms with Gasteiger partial charge in [-0.2, -0.15) is 0 Å². The minimum absolute atomic E-state index is 0.0182. The van der Waals surface area contributed by atoms with Crippen LogP contribution in [0.3, 0.4) is 0 Å². The third-order valence-corrected chi connectivity index (χ3v) is 14.1. The topological polar surface area (TPSA) is 175 Å². The fraction of sp³-hybridized carbons (Fsp3) is 0.356. The zero-order valence-corrected chi connectivity index (χ0v) is 36.5. The van der Waals surface area contributed by atoms with Crippen LogP contribution < -0.4 is 14.9 Å². The van der Waals surface area contributed by atoms with E-state index in [0.717, 1.165) is 87.1 Å². The van der Waals surface area contributed by atoms with E-state index in [9.17, 15) is 23.3 Å². The van der Waals surface area contributed by atoms with Crippen molar-refractivity contribution in [1.82, 2.24) is 34.3 Å². The molecule has 1 aliphatic carbocycles. The van der Waals surface area contributed by atoms with Gasteiger partial charge in [0, 0.05) is 79.9 Å². The number of piperazine rings is 1. The van der Waals surface area contributed by atoms with Crippen LogP contribution in [0.4, 0.5) is 17.1 Å². The summed E-state index contributed by atoms with van der Waals surface area (Å²) < 4.78 is 31.5. The molecule has 2 aliphatic heterocycles. The van der Waals surface area contributed by atoms with Gasteiger partial charge in [0.1, 0.15) is 11.2 Å². The van der Waals surface area contributed by atoms with Gasteiger partial charge in [0.25, 0.3) is 21.6 Å². The van der Waals surface area contributed by atoms with Crippen molar-refractivity contribution in [3.05, 3.63) is 117 Å². The average Bonchev–Trinajstić information content (AvgIpc) is 4.00. The normalized spacial score (nSPS) is 18.8. The second-order valence-electron chi connectivity index (χ2n) is 17.5. The van der Waals surface area contributed by atoms with Gasteiger partial charge in [0.15, 0.2) is 5.65 Å². The first-order valence-electron chi connectivity index (χ1n) is 20.9. The van der Waals surface area contributed by atoms with Crippen molar-refractivity contribution in [3.63, 3.8) is 0 Å². The number of nitrogens with one attached hydrogen (secondary N) is 3. The fourth-order valence-corrected chi connectivity index (χ4v) is 10.2. The Morgan fingerprint density at radius 1 is 1.02 bits per heavy atom. The third kappa shape index (κ3) is 8.51. The van der Waals surface area contributed by atoms with Gasteiger partial charge in [-0.15, -0.1) is 0 Å². The molecule has 17 heteroatoms. The second-order valence-corrected chi connectivity index (χ2v) is 19.6. The summed E-state index contributed by atoms with van der Waals surface area (Å²) in [5, 5.41) is 20.1. The SMILES string of the molecule is CN1CCC(Nc2ccc(S(=O)(=O)NC(=O)c3ccc(N4CCN(CC5=C(c6ccc(Cl)cc6)CC(C)(C)CC5)CC4)cc3-n3[nH]cc4nc5nccc5cc43)cc2[N+](=O)[O-])C1. The van der Waals surface area contributed by atoms with Crippen LogP contribution in [0.5, 0.6) is 0 Å². The van der Waals surface area contributed by atoms with E-state index in [2.05, 4.69) is 65.8 Å². The van der Waals surface area contributed by atoms with Gasteiger partial charge in [-0.05, 0) is 110 Å². The Kier molecular flexibility index (Phi) is 11.0. The number of carbonyl (C=O) groups excluding carboxylic acids is 1. The van der Waals surface area contributed by atoms with E-state index in [0.29, 0.717) is 28.9 Å². The van der Waals surface area contributed by atoms with Crippen LogP contribution in [0.15, 0.2) is 95.7 Å². The van der Waals surface area contributed by atoms with Crippen molar-refractivity contribution < 1.29 is 18.1 Å². The number of aromatic nitrogens is 4. The Morgan fingerprint density at radius 2 is 1.81 bits per heavy atom. The van der Waals surface area contributed by atoms with E-state index in [1.807, 2.05) is 43.4 Å². The van der Waals surface area contributed by atoms with E-state index in [-0.39, 0.29) is 22.7 Å². The number of halogens is 1. The first kappa shape index (κ1) is 41.5. The summed E-state index contributed by atoms with van der Waals surface area (Å²) in [6.07, 6.45) is 7.40. The Bertz CT molecular complexity index is 2850. The van der Waals surface area contributed by atoms with Gasteiger partial charge < -0.3 is 15.1 Å². The number of aromatic amines is 1. The molecule has 5 heterocycles. The fourth-order valence-electron chi connectivity index (χ4n) is 9.07. The van der Waals surface area contributed by atoms with E-state index in [1.54, 1.807) is 23.1 Å². The lowest BCUT2D eigenvalue weighted by molar-refractivity contribution is -0.384. The highest BCUT2D eigenvalue weighted by atomic mass is 35.5. The number of fused-ring (bicyclic) bond motifs is 2. The lowest BCUT2D eigenvalue weighted by Crippen LogP contribution is -2.47. The molecule has 322 valence electrons. The Hall–Kier alpha value is -5.81. The highest BCUT2D eigenvalue weighted by Gasteiger charge is 2.31. The monoisotopic (exact) mass is 876 g/mol. The number of hydrogen-bond acceptors (Lipinski definition) is 11. The number of allylic oxidation sites excluding steroid dienone is 1. The number of likely N-dealkylation sites (tertiary alicyclic amines) is 1. The van der Waals surface area contributed by atoms with Gasteiger partial charge in [-0.3, -0.25) is 29.6 Å². The summed E-state index contributed by atoms with van der Waals surface area (Å²) in [5.41, 5.74) is 7.38. The van der Waals surface area contributed by atoms with Crippen molar-refractivity contribution in [2.24, 2.45) is 5.41 Å². The Labute approximate surface area is 364 Å². The molecule has 3 aromatic carbocycles. The molecule has 0 bridgehead atoms. The van der Waals surface area contributed by atoms with Gasteiger partial charge >= 0.3 is 0 Å². The second kappa shape index (κ2) is 16.5. The molecule has 3 aliphatic rings. The lowest BCUT2D eigenvalue weighted by Gasteiger charge is -2.39. The maximum absolute atomic E-state index is 14.2. The smallest absolute Gasteiger partial charge is 0.293 e. The molecule has 6 aromatic rings. The zero-order chi connectivity index (χ0) is 43.3. The standard InChI is InChI=1S/C45H49ClN10O5S/c1-45(2)15-12-31(37(25-45)29-4-6-32(46)7-5-29)27-53-18-20-54(21-19-53)34-8-10-36(40(23-34)55-41-22-30-13-16-47-43(30)50-39(41)26-48-55)44(57)51-62(60,61)35-9-11-38(42(24-35)56(58)59)49-33-14-17-52(3)28-33/h4-11,13,16,22-24,26,33,48-49H,12,14-15,17-21,25,27-28H2,1-3H3,(H,51,57). The molecule has 2 saturated heterocycles. The number of H-pyrrole nitrogens is 1. The third-order valence-electron chi connectivity index (χ3n) is 12.5. The van der Waals surface area contributed by atoms with Gasteiger partial charge in [0.2, 0.25) is 0 Å². The summed E-state index contributed by atoms with van der Waals surface area (Å²) in [6.45, 7) is 10.3. The highest BCUT2D eigenvalue weighted by molar-refractivity contribution is 7.90. The number of nitro groups is 1. The van der Waals surface area contributed by atoms with Crippen LogP contribution in [0, 0.1) is 15.5 Å². The van der Waals surface area contributed by atoms with E-state index in [1.165, 1.54) is 28.8 Å². The molecule has 9 rings (SSSR count). The number of amides is 1. The summed E-state index contributed by atoms with van der Waals surface area (Å²) in [5.74, 6) is -0.894. The number of rotatable bonds is 11. The number of pyridine rings is 1. The molecule has 0 spiro atoms. The summed E-state index contributed by atoms with van der Waals surface area (Å²) in [7, 11) is -2.58. The molecule has 0 saturated carbocycles. The molecule has 3 N–H and O–H groups in total. The largest absolute Gasteiger partial charge is 0.375 e. The van der Waals surface area contributed by atoms with Crippen LogP contribution in [-0.2, 0) is 10.0 Å². The maximum atomic E-state index is 14.2. The van der Waals surface area contributed by atoms with Crippen molar-refractivity contribution >= 4 is 72.2 Å². The minimum atomic E-state index is -4.55. The van der Waals surface area contributed by atoms with Crippen LogP contribution in [0.2, 0.25) is 5.02 Å². The van der Waals surface area contributed by atoms with E-state index in [4.69, 9.17) is 11.6 Å².